The third kappa shape index (κ3) is 5.15. The molecule has 0 bridgehead atoms. The first-order valence-corrected chi connectivity index (χ1v) is 12.4. The molecule has 2 aromatic heterocycles. The summed E-state index contributed by atoms with van der Waals surface area (Å²) < 4.78 is 5.92. The number of piperidine rings is 1. The lowest BCUT2D eigenvalue weighted by Crippen LogP contribution is -2.48. The van der Waals surface area contributed by atoms with E-state index in [4.69, 9.17) is 15.5 Å². The number of primary amides is 1. The Kier molecular flexibility index (Phi) is 6.96. The quantitative estimate of drug-likeness (QED) is 0.339. The van der Waals surface area contributed by atoms with Crippen LogP contribution in [0.1, 0.15) is 35.9 Å². The molecule has 1 aliphatic rings. The van der Waals surface area contributed by atoms with E-state index in [0.29, 0.717) is 46.2 Å². The summed E-state index contributed by atoms with van der Waals surface area (Å²) in [6.07, 6.45) is 1.70. The first kappa shape index (κ1) is 24.8. The molecule has 3 heterocycles. The van der Waals surface area contributed by atoms with Gasteiger partial charge < -0.3 is 25.7 Å². The van der Waals surface area contributed by atoms with E-state index in [9.17, 15) is 9.59 Å². The zero-order valence-electron chi connectivity index (χ0n) is 21.2. The molecule has 9 heteroatoms. The van der Waals surface area contributed by atoms with Gasteiger partial charge in [-0.05, 0) is 69.0 Å². The van der Waals surface area contributed by atoms with E-state index in [-0.39, 0.29) is 17.5 Å². The number of aryl methyl sites for hydroxylation is 1. The molecule has 1 atom stereocenters. The Morgan fingerprint density at radius 2 is 1.84 bits per heavy atom. The van der Waals surface area contributed by atoms with E-state index in [2.05, 4.69) is 32.0 Å². The first-order valence-electron chi connectivity index (χ1n) is 12.4. The number of hydrogen-bond donors (Lipinski definition) is 3. The van der Waals surface area contributed by atoms with Crippen LogP contribution < -0.4 is 20.7 Å². The number of benzene rings is 2. The molecule has 4 aromatic rings. The van der Waals surface area contributed by atoms with Gasteiger partial charge in [0.1, 0.15) is 28.4 Å². The fourth-order valence-corrected chi connectivity index (χ4v) is 4.76. The summed E-state index contributed by atoms with van der Waals surface area (Å²) in [5.74, 6) is 6.95. The van der Waals surface area contributed by atoms with Crippen LogP contribution in [0, 0.1) is 18.8 Å². The number of nitrogens with two attached hydrogens (primary N) is 1. The summed E-state index contributed by atoms with van der Waals surface area (Å²) in [4.78, 5) is 39.7. The van der Waals surface area contributed by atoms with Crippen molar-refractivity contribution in [3.63, 3.8) is 0 Å². The standard InChI is InChI=1S/C29H28N6O3/c1-3-8-23(36)33-20-9-7-16-35(17-20)29-27-26(31-18(2)32-27)24(28(30)37)25(34-29)19-12-14-22(15-13-19)38-21-10-5-4-6-11-21/h4-6,10-15,20H,7,9,16-17H2,1-2H3,(H2,30,37)(H,31,32)(H,33,36). The van der Waals surface area contributed by atoms with Crippen LogP contribution in [0.15, 0.2) is 54.6 Å². The molecule has 0 radical (unpaired) electrons. The number of aromatic amines is 1. The second-order valence-electron chi connectivity index (χ2n) is 9.14. The van der Waals surface area contributed by atoms with Gasteiger partial charge in [-0.2, -0.15) is 0 Å². The second-order valence-corrected chi connectivity index (χ2v) is 9.14. The molecule has 0 saturated carbocycles. The summed E-state index contributed by atoms with van der Waals surface area (Å²) >= 11 is 0. The fourth-order valence-electron chi connectivity index (χ4n) is 4.76. The third-order valence-corrected chi connectivity index (χ3v) is 6.38. The number of anilines is 1. The van der Waals surface area contributed by atoms with E-state index in [1.807, 2.05) is 61.5 Å². The Morgan fingerprint density at radius 1 is 1.11 bits per heavy atom. The first-order chi connectivity index (χ1) is 18.4. The van der Waals surface area contributed by atoms with Crippen molar-refractivity contribution in [3.05, 3.63) is 66.0 Å². The molecule has 1 unspecified atom stereocenters. The Labute approximate surface area is 220 Å². The lowest BCUT2D eigenvalue weighted by Gasteiger charge is -2.34. The maximum absolute atomic E-state index is 12.7. The number of pyridine rings is 1. The number of nitrogens with zero attached hydrogens (tertiary/aromatic N) is 3. The van der Waals surface area contributed by atoms with E-state index >= 15 is 0 Å². The minimum atomic E-state index is -0.609. The summed E-state index contributed by atoms with van der Waals surface area (Å²) in [5, 5.41) is 2.98. The van der Waals surface area contributed by atoms with E-state index in [1.165, 1.54) is 0 Å². The van der Waals surface area contributed by atoms with Gasteiger partial charge in [0.25, 0.3) is 11.8 Å². The highest BCUT2D eigenvalue weighted by Gasteiger charge is 2.28. The molecule has 2 amide bonds. The molecule has 192 valence electrons. The number of aromatic nitrogens is 3. The maximum Gasteiger partial charge on any atom is 0.296 e. The predicted molar refractivity (Wildman–Crippen MR) is 146 cm³/mol. The van der Waals surface area contributed by atoms with Crippen molar-refractivity contribution in [1.29, 1.82) is 0 Å². The third-order valence-electron chi connectivity index (χ3n) is 6.38. The minimum Gasteiger partial charge on any atom is -0.457 e. The summed E-state index contributed by atoms with van der Waals surface area (Å²) in [5.41, 5.74) is 8.39. The average Bonchev–Trinajstić information content (AvgIpc) is 3.29. The molecule has 5 rings (SSSR count). The van der Waals surface area contributed by atoms with Gasteiger partial charge in [0, 0.05) is 24.7 Å². The van der Waals surface area contributed by atoms with Crippen molar-refractivity contribution in [2.75, 3.05) is 18.0 Å². The van der Waals surface area contributed by atoms with E-state index < -0.39 is 5.91 Å². The van der Waals surface area contributed by atoms with Crippen molar-refractivity contribution < 1.29 is 14.3 Å². The van der Waals surface area contributed by atoms with Crippen LogP contribution in [0.3, 0.4) is 0 Å². The van der Waals surface area contributed by atoms with Crippen molar-refractivity contribution >= 4 is 28.7 Å². The number of para-hydroxylation sites is 1. The number of nitrogens with one attached hydrogen (secondary N) is 2. The topological polar surface area (TPSA) is 126 Å². The number of ether oxygens (including phenoxy) is 1. The van der Waals surface area contributed by atoms with Crippen molar-refractivity contribution in [2.45, 2.75) is 32.7 Å². The van der Waals surface area contributed by atoms with Gasteiger partial charge in [0.15, 0.2) is 5.82 Å². The summed E-state index contributed by atoms with van der Waals surface area (Å²) in [7, 11) is 0. The molecule has 2 aromatic carbocycles. The maximum atomic E-state index is 12.7. The van der Waals surface area contributed by atoms with Crippen LogP contribution in [0.2, 0.25) is 0 Å². The van der Waals surface area contributed by atoms with Crippen LogP contribution in [-0.4, -0.2) is 45.9 Å². The number of carbonyl (C=O) groups is 2. The number of hydrogen-bond acceptors (Lipinski definition) is 6. The van der Waals surface area contributed by atoms with Gasteiger partial charge >= 0.3 is 0 Å². The Balaban J connectivity index is 1.54. The lowest BCUT2D eigenvalue weighted by atomic mass is 10.0. The molecular weight excluding hydrogens is 480 g/mol. The van der Waals surface area contributed by atoms with E-state index in [1.54, 1.807) is 6.92 Å². The molecule has 1 saturated heterocycles. The fraction of sp³-hybridized carbons (Fsp3) is 0.241. The minimum absolute atomic E-state index is 0.0772. The van der Waals surface area contributed by atoms with Crippen LogP contribution in [0.4, 0.5) is 5.82 Å². The molecule has 1 fully saturated rings. The average molecular weight is 509 g/mol. The van der Waals surface area contributed by atoms with Crippen LogP contribution in [-0.2, 0) is 4.79 Å². The number of fused-ring (bicyclic) bond motifs is 1. The van der Waals surface area contributed by atoms with Gasteiger partial charge in [0.05, 0.1) is 11.3 Å². The smallest absolute Gasteiger partial charge is 0.296 e. The molecule has 38 heavy (non-hydrogen) atoms. The number of H-pyrrole nitrogens is 1. The van der Waals surface area contributed by atoms with Gasteiger partial charge in [0.2, 0.25) is 0 Å². The molecule has 4 N–H and O–H groups in total. The van der Waals surface area contributed by atoms with Crippen molar-refractivity contribution in [2.24, 2.45) is 5.73 Å². The predicted octanol–water partition coefficient (Wildman–Crippen LogP) is 3.93. The molecule has 0 aliphatic carbocycles. The zero-order chi connectivity index (χ0) is 26.6. The Hall–Kier alpha value is -4.84. The summed E-state index contributed by atoms with van der Waals surface area (Å²) in [6, 6.07) is 16.8. The lowest BCUT2D eigenvalue weighted by molar-refractivity contribution is -0.116. The van der Waals surface area contributed by atoms with Crippen LogP contribution >= 0.6 is 0 Å². The highest BCUT2D eigenvalue weighted by molar-refractivity contribution is 6.11. The molecule has 9 nitrogen and oxygen atoms in total. The number of imidazole rings is 1. The SMILES string of the molecule is CC#CC(=O)NC1CCCN(c2nc(-c3ccc(Oc4ccccc4)cc3)c(C(N)=O)c3nc(C)[nH]c23)C1. The van der Waals surface area contributed by atoms with Crippen LogP contribution in [0.25, 0.3) is 22.3 Å². The van der Waals surface area contributed by atoms with Crippen LogP contribution in [0.5, 0.6) is 11.5 Å². The second kappa shape index (κ2) is 10.6. The highest BCUT2D eigenvalue weighted by Crippen LogP contribution is 2.35. The van der Waals surface area contributed by atoms with Gasteiger partial charge in [-0.3, -0.25) is 9.59 Å². The normalized spacial score (nSPS) is 15.0. The number of rotatable bonds is 6. The van der Waals surface area contributed by atoms with Gasteiger partial charge in [-0.1, -0.05) is 24.1 Å². The molecule has 0 spiro atoms. The summed E-state index contributed by atoms with van der Waals surface area (Å²) in [6.45, 7) is 4.75. The zero-order valence-corrected chi connectivity index (χ0v) is 21.2. The largest absolute Gasteiger partial charge is 0.457 e. The van der Waals surface area contributed by atoms with Crippen molar-refractivity contribution in [1.82, 2.24) is 20.3 Å². The molecular formula is C29H28N6O3. The Morgan fingerprint density at radius 3 is 2.55 bits per heavy atom. The van der Waals surface area contributed by atoms with E-state index in [0.717, 1.165) is 25.1 Å². The number of carbonyl (C=O) groups excluding carboxylic acids is 2. The van der Waals surface area contributed by atoms with Crippen molar-refractivity contribution in [3.8, 4) is 34.6 Å². The highest BCUT2D eigenvalue weighted by atomic mass is 16.5. The van der Waals surface area contributed by atoms with Gasteiger partial charge in [-0.25, -0.2) is 9.97 Å². The Bertz CT molecular complexity index is 1550. The van der Waals surface area contributed by atoms with Gasteiger partial charge in [-0.15, -0.1) is 0 Å². The molecule has 1 aliphatic heterocycles. The monoisotopic (exact) mass is 508 g/mol. The number of amides is 2.